The van der Waals surface area contributed by atoms with Gasteiger partial charge in [0.2, 0.25) is 0 Å². The molecule has 1 aliphatic heterocycles. The largest absolute Gasteiger partial charge is 0.377 e. The first-order chi connectivity index (χ1) is 7.27. The molecule has 1 saturated heterocycles. The number of hydrogen-bond donors (Lipinski definition) is 1. The minimum absolute atomic E-state index is 0.446. The SMILES string of the molecule is C=CCCC(C)NC(CC)C1CCCO1. The summed E-state index contributed by atoms with van der Waals surface area (Å²) in [5.41, 5.74) is 0. The summed E-state index contributed by atoms with van der Waals surface area (Å²) in [6.07, 6.45) is 8.31. The van der Waals surface area contributed by atoms with Crippen LogP contribution in [0, 0.1) is 0 Å². The van der Waals surface area contributed by atoms with E-state index < -0.39 is 0 Å². The molecule has 1 rings (SSSR count). The van der Waals surface area contributed by atoms with E-state index in [1.165, 1.54) is 19.3 Å². The Morgan fingerprint density at radius 2 is 2.40 bits per heavy atom. The predicted octanol–water partition coefficient (Wildman–Crippen LogP) is 2.89. The molecule has 1 fully saturated rings. The lowest BCUT2D eigenvalue weighted by atomic mass is 10.0. The summed E-state index contributed by atoms with van der Waals surface area (Å²) < 4.78 is 5.73. The maximum absolute atomic E-state index is 5.73. The van der Waals surface area contributed by atoms with Gasteiger partial charge in [0, 0.05) is 18.7 Å². The zero-order chi connectivity index (χ0) is 11.1. The molecule has 0 amide bonds. The third kappa shape index (κ3) is 4.35. The van der Waals surface area contributed by atoms with E-state index in [1.807, 2.05) is 6.08 Å². The second-order valence-corrected chi connectivity index (χ2v) is 4.50. The standard InChI is InChI=1S/C13H25NO/c1-4-6-8-11(3)14-12(5-2)13-9-7-10-15-13/h4,11-14H,1,5-10H2,2-3H3. The molecular formula is C13H25NO. The van der Waals surface area contributed by atoms with E-state index >= 15 is 0 Å². The highest BCUT2D eigenvalue weighted by atomic mass is 16.5. The summed E-state index contributed by atoms with van der Waals surface area (Å²) >= 11 is 0. The highest BCUT2D eigenvalue weighted by Crippen LogP contribution is 2.18. The molecule has 15 heavy (non-hydrogen) atoms. The van der Waals surface area contributed by atoms with E-state index in [0.29, 0.717) is 18.2 Å². The average Bonchev–Trinajstić information content (AvgIpc) is 2.76. The van der Waals surface area contributed by atoms with Crippen molar-refractivity contribution in [1.82, 2.24) is 5.32 Å². The van der Waals surface area contributed by atoms with Gasteiger partial charge in [-0.15, -0.1) is 6.58 Å². The topological polar surface area (TPSA) is 21.3 Å². The molecule has 3 atom stereocenters. The van der Waals surface area contributed by atoms with Crippen molar-refractivity contribution in [1.29, 1.82) is 0 Å². The fraction of sp³-hybridized carbons (Fsp3) is 0.846. The highest BCUT2D eigenvalue weighted by molar-refractivity contribution is 4.82. The Morgan fingerprint density at radius 3 is 2.93 bits per heavy atom. The summed E-state index contributed by atoms with van der Waals surface area (Å²) in [4.78, 5) is 0. The molecule has 3 unspecified atom stereocenters. The fourth-order valence-electron chi connectivity index (χ4n) is 2.22. The maximum Gasteiger partial charge on any atom is 0.0728 e. The summed E-state index contributed by atoms with van der Waals surface area (Å²) in [6.45, 7) is 9.19. The quantitative estimate of drug-likeness (QED) is 0.654. The van der Waals surface area contributed by atoms with Gasteiger partial charge < -0.3 is 10.1 Å². The van der Waals surface area contributed by atoms with Crippen LogP contribution in [0.25, 0.3) is 0 Å². The van der Waals surface area contributed by atoms with Crippen LogP contribution in [-0.2, 0) is 4.74 Å². The molecule has 0 aromatic rings. The fourth-order valence-corrected chi connectivity index (χ4v) is 2.22. The summed E-state index contributed by atoms with van der Waals surface area (Å²) in [5, 5.41) is 3.67. The lowest BCUT2D eigenvalue weighted by Gasteiger charge is -2.26. The van der Waals surface area contributed by atoms with Gasteiger partial charge in [-0.25, -0.2) is 0 Å². The van der Waals surface area contributed by atoms with E-state index in [2.05, 4.69) is 25.7 Å². The van der Waals surface area contributed by atoms with Crippen LogP contribution in [0.4, 0.5) is 0 Å². The molecule has 1 N–H and O–H groups in total. The van der Waals surface area contributed by atoms with Crippen LogP contribution in [0.2, 0.25) is 0 Å². The highest BCUT2D eigenvalue weighted by Gasteiger charge is 2.25. The van der Waals surface area contributed by atoms with Crippen LogP contribution in [0.15, 0.2) is 12.7 Å². The van der Waals surface area contributed by atoms with Crippen molar-refractivity contribution in [2.24, 2.45) is 0 Å². The van der Waals surface area contributed by atoms with Gasteiger partial charge in [-0.3, -0.25) is 0 Å². The molecular weight excluding hydrogens is 186 g/mol. The van der Waals surface area contributed by atoms with Crippen molar-refractivity contribution >= 4 is 0 Å². The lowest BCUT2D eigenvalue weighted by molar-refractivity contribution is 0.0731. The Hall–Kier alpha value is -0.340. The first-order valence-corrected chi connectivity index (χ1v) is 6.26. The Balaban J connectivity index is 2.28. The summed E-state index contributed by atoms with van der Waals surface area (Å²) in [7, 11) is 0. The Bertz CT molecular complexity index is 175. The van der Waals surface area contributed by atoms with E-state index in [-0.39, 0.29) is 0 Å². The molecule has 0 aromatic carbocycles. The molecule has 0 aromatic heterocycles. The second-order valence-electron chi connectivity index (χ2n) is 4.50. The molecule has 0 radical (unpaired) electrons. The average molecular weight is 211 g/mol. The molecule has 1 heterocycles. The Morgan fingerprint density at radius 1 is 1.60 bits per heavy atom. The van der Waals surface area contributed by atoms with Crippen LogP contribution in [0.3, 0.4) is 0 Å². The van der Waals surface area contributed by atoms with Crippen molar-refractivity contribution in [3.8, 4) is 0 Å². The smallest absolute Gasteiger partial charge is 0.0728 e. The van der Waals surface area contributed by atoms with E-state index in [9.17, 15) is 0 Å². The minimum atomic E-state index is 0.446. The maximum atomic E-state index is 5.73. The van der Waals surface area contributed by atoms with Gasteiger partial charge in [-0.05, 0) is 39.0 Å². The number of nitrogens with one attached hydrogen (secondary N) is 1. The van der Waals surface area contributed by atoms with Crippen molar-refractivity contribution < 1.29 is 4.74 Å². The van der Waals surface area contributed by atoms with Crippen LogP contribution >= 0.6 is 0 Å². The van der Waals surface area contributed by atoms with Gasteiger partial charge in [0.05, 0.1) is 6.10 Å². The first-order valence-electron chi connectivity index (χ1n) is 6.26. The van der Waals surface area contributed by atoms with Gasteiger partial charge in [0.1, 0.15) is 0 Å². The van der Waals surface area contributed by atoms with Crippen LogP contribution in [0.5, 0.6) is 0 Å². The normalized spacial score (nSPS) is 25.1. The molecule has 0 saturated carbocycles. The molecule has 2 heteroatoms. The Labute approximate surface area is 94.1 Å². The molecule has 0 spiro atoms. The van der Waals surface area contributed by atoms with Gasteiger partial charge >= 0.3 is 0 Å². The minimum Gasteiger partial charge on any atom is -0.377 e. The number of hydrogen-bond acceptors (Lipinski definition) is 2. The lowest BCUT2D eigenvalue weighted by Crippen LogP contribution is -2.43. The molecule has 88 valence electrons. The molecule has 0 aliphatic carbocycles. The van der Waals surface area contributed by atoms with Gasteiger partial charge in [0.25, 0.3) is 0 Å². The summed E-state index contributed by atoms with van der Waals surface area (Å²) in [6, 6.07) is 1.10. The third-order valence-electron chi connectivity index (χ3n) is 3.16. The van der Waals surface area contributed by atoms with Crippen LogP contribution < -0.4 is 5.32 Å². The molecule has 2 nitrogen and oxygen atoms in total. The van der Waals surface area contributed by atoms with Crippen molar-refractivity contribution in [2.75, 3.05) is 6.61 Å². The number of ether oxygens (including phenoxy) is 1. The van der Waals surface area contributed by atoms with E-state index in [4.69, 9.17) is 4.74 Å². The predicted molar refractivity (Wildman–Crippen MR) is 65.1 cm³/mol. The van der Waals surface area contributed by atoms with E-state index in [0.717, 1.165) is 19.4 Å². The van der Waals surface area contributed by atoms with Crippen molar-refractivity contribution in [2.45, 2.75) is 64.1 Å². The summed E-state index contributed by atoms with van der Waals surface area (Å²) in [5.74, 6) is 0. The molecule has 1 aliphatic rings. The first kappa shape index (κ1) is 12.7. The van der Waals surface area contributed by atoms with Crippen molar-refractivity contribution in [3.63, 3.8) is 0 Å². The number of rotatable bonds is 7. The monoisotopic (exact) mass is 211 g/mol. The molecule has 0 bridgehead atoms. The van der Waals surface area contributed by atoms with E-state index in [1.54, 1.807) is 0 Å². The Kier molecular flexibility index (Phi) is 5.96. The zero-order valence-electron chi connectivity index (χ0n) is 10.2. The third-order valence-corrected chi connectivity index (χ3v) is 3.16. The van der Waals surface area contributed by atoms with Crippen LogP contribution in [-0.4, -0.2) is 24.8 Å². The number of allylic oxidation sites excluding steroid dienone is 1. The van der Waals surface area contributed by atoms with Crippen molar-refractivity contribution in [3.05, 3.63) is 12.7 Å². The zero-order valence-corrected chi connectivity index (χ0v) is 10.2. The van der Waals surface area contributed by atoms with Crippen LogP contribution in [0.1, 0.15) is 46.0 Å². The van der Waals surface area contributed by atoms with Gasteiger partial charge in [-0.1, -0.05) is 13.0 Å². The second kappa shape index (κ2) is 7.02. The van der Waals surface area contributed by atoms with Gasteiger partial charge in [0.15, 0.2) is 0 Å². The van der Waals surface area contributed by atoms with Gasteiger partial charge in [-0.2, -0.15) is 0 Å².